The summed E-state index contributed by atoms with van der Waals surface area (Å²) < 4.78 is 0. The maximum Gasteiger partial charge on any atom is 0.186 e. The molecule has 2 rings (SSSR count). The van der Waals surface area contributed by atoms with Crippen molar-refractivity contribution in [2.45, 2.75) is 26.4 Å². The highest BCUT2D eigenvalue weighted by molar-refractivity contribution is 7.16. The molecule has 18 heavy (non-hydrogen) atoms. The van der Waals surface area contributed by atoms with E-state index in [1.165, 1.54) is 0 Å². The molecule has 0 bridgehead atoms. The zero-order valence-electron chi connectivity index (χ0n) is 11.1. The highest BCUT2D eigenvalue weighted by Gasteiger charge is 2.15. The Hall–Kier alpha value is -1.39. The molecule has 0 aliphatic rings. The minimum atomic E-state index is 0.436. The first kappa shape index (κ1) is 13.1. The van der Waals surface area contributed by atoms with Crippen LogP contribution in [0.15, 0.2) is 30.3 Å². The lowest BCUT2D eigenvalue weighted by Gasteiger charge is -2.19. The third kappa shape index (κ3) is 2.54. The zero-order chi connectivity index (χ0) is 13.1. The molecule has 2 aromatic rings. The summed E-state index contributed by atoms with van der Waals surface area (Å²) in [6.45, 7) is 4.85. The first-order valence-electron chi connectivity index (χ1n) is 6.11. The number of hydrogen-bond donors (Lipinski definition) is 1. The lowest BCUT2D eigenvalue weighted by Crippen LogP contribution is -2.25. The van der Waals surface area contributed by atoms with Gasteiger partial charge in [-0.3, -0.25) is 0 Å². The molecule has 1 aromatic carbocycles. The van der Waals surface area contributed by atoms with E-state index in [2.05, 4.69) is 37.9 Å². The largest absolute Gasteiger partial charge is 0.349 e. The third-order valence-electron chi connectivity index (χ3n) is 2.99. The van der Waals surface area contributed by atoms with E-state index < -0.39 is 0 Å². The number of anilines is 1. The first-order valence-corrected chi connectivity index (χ1v) is 6.93. The molecule has 0 saturated heterocycles. The van der Waals surface area contributed by atoms with Crippen molar-refractivity contribution in [3.63, 3.8) is 0 Å². The van der Waals surface area contributed by atoms with Gasteiger partial charge in [0, 0.05) is 30.1 Å². The molecule has 0 fully saturated rings. The standard InChI is InChI=1S/C14H19N3S/c1-10(2)17(3)14-16-13(12(9-15)18-14)11-7-5-4-6-8-11/h4-8,10H,9,15H2,1-3H3. The van der Waals surface area contributed by atoms with Crippen LogP contribution in [0, 0.1) is 0 Å². The Labute approximate surface area is 112 Å². The lowest BCUT2D eigenvalue weighted by molar-refractivity contribution is 0.752. The van der Waals surface area contributed by atoms with Gasteiger partial charge in [0.2, 0.25) is 0 Å². The molecule has 3 nitrogen and oxygen atoms in total. The highest BCUT2D eigenvalue weighted by Crippen LogP contribution is 2.32. The Morgan fingerprint density at radius 2 is 1.94 bits per heavy atom. The normalized spacial score (nSPS) is 10.9. The van der Waals surface area contributed by atoms with Crippen LogP contribution in [0.5, 0.6) is 0 Å². The topological polar surface area (TPSA) is 42.2 Å². The van der Waals surface area contributed by atoms with E-state index in [-0.39, 0.29) is 0 Å². The second-order valence-corrected chi connectivity index (χ2v) is 5.61. The van der Waals surface area contributed by atoms with E-state index in [0.29, 0.717) is 12.6 Å². The molecule has 4 heteroatoms. The molecule has 96 valence electrons. The molecule has 1 aromatic heterocycles. The lowest BCUT2D eigenvalue weighted by atomic mass is 10.1. The van der Waals surface area contributed by atoms with E-state index in [4.69, 9.17) is 10.7 Å². The van der Waals surface area contributed by atoms with Crippen molar-refractivity contribution in [1.82, 2.24) is 4.98 Å². The van der Waals surface area contributed by atoms with Crippen molar-refractivity contribution in [2.24, 2.45) is 5.73 Å². The third-order valence-corrected chi connectivity index (χ3v) is 4.16. The molecule has 0 spiro atoms. The smallest absolute Gasteiger partial charge is 0.186 e. The minimum absolute atomic E-state index is 0.436. The minimum Gasteiger partial charge on any atom is -0.349 e. The van der Waals surface area contributed by atoms with Crippen molar-refractivity contribution < 1.29 is 0 Å². The average molecular weight is 261 g/mol. The molecule has 0 aliphatic carbocycles. The van der Waals surface area contributed by atoms with Crippen LogP contribution in [-0.2, 0) is 6.54 Å². The molecule has 0 unspecified atom stereocenters. The van der Waals surface area contributed by atoms with Crippen LogP contribution in [-0.4, -0.2) is 18.1 Å². The Bertz CT molecular complexity index is 505. The molecular weight excluding hydrogens is 242 g/mol. The number of nitrogens with zero attached hydrogens (tertiary/aromatic N) is 2. The number of aromatic nitrogens is 1. The second kappa shape index (κ2) is 5.50. The van der Waals surface area contributed by atoms with Gasteiger partial charge in [0.25, 0.3) is 0 Å². The molecule has 0 radical (unpaired) electrons. The Morgan fingerprint density at radius 1 is 1.28 bits per heavy atom. The fraction of sp³-hybridized carbons (Fsp3) is 0.357. The predicted molar refractivity (Wildman–Crippen MR) is 79.0 cm³/mol. The summed E-state index contributed by atoms with van der Waals surface area (Å²) >= 11 is 1.68. The van der Waals surface area contributed by atoms with Crippen molar-refractivity contribution in [3.8, 4) is 11.3 Å². The number of rotatable bonds is 4. The predicted octanol–water partition coefficient (Wildman–Crippen LogP) is 3.11. The van der Waals surface area contributed by atoms with Gasteiger partial charge in [0.05, 0.1) is 5.69 Å². The molecule has 2 N–H and O–H groups in total. The quantitative estimate of drug-likeness (QED) is 0.919. The van der Waals surface area contributed by atoms with Crippen molar-refractivity contribution in [2.75, 3.05) is 11.9 Å². The summed E-state index contributed by atoms with van der Waals surface area (Å²) in [5.74, 6) is 0. The van der Waals surface area contributed by atoms with Gasteiger partial charge >= 0.3 is 0 Å². The summed E-state index contributed by atoms with van der Waals surface area (Å²) in [5.41, 5.74) is 7.99. The van der Waals surface area contributed by atoms with Crippen LogP contribution < -0.4 is 10.6 Å². The van der Waals surface area contributed by atoms with Crippen LogP contribution in [0.25, 0.3) is 11.3 Å². The van der Waals surface area contributed by atoms with Crippen molar-refractivity contribution in [1.29, 1.82) is 0 Å². The first-order chi connectivity index (χ1) is 8.63. The van der Waals surface area contributed by atoms with Gasteiger partial charge in [-0.1, -0.05) is 41.7 Å². The summed E-state index contributed by atoms with van der Waals surface area (Å²) in [6.07, 6.45) is 0. The van der Waals surface area contributed by atoms with Crippen molar-refractivity contribution in [3.05, 3.63) is 35.2 Å². The van der Waals surface area contributed by atoms with Gasteiger partial charge in [-0.15, -0.1) is 0 Å². The average Bonchev–Trinajstić information content (AvgIpc) is 2.82. The monoisotopic (exact) mass is 261 g/mol. The van der Waals surface area contributed by atoms with Gasteiger partial charge in [-0.2, -0.15) is 0 Å². The SMILES string of the molecule is CC(C)N(C)c1nc(-c2ccccc2)c(CN)s1. The number of thiazole rings is 1. The number of benzene rings is 1. The van der Waals surface area contributed by atoms with Gasteiger partial charge in [-0.05, 0) is 13.8 Å². The van der Waals surface area contributed by atoms with Gasteiger partial charge < -0.3 is 10.6 Å². The van der Waals surface area contributed by atoms with Gasteiger partial charge in [-0.25, -0.2) is 4.98 Å². The number of hydrogen-bond acceptors (Lipinski definition) is 4. The van der Waals surface area contributed by atoms with Crippen LogP contribution in [0.4, 0.5) is 5.13 Å². The van der Waals surface area contributed by atoms with E-state index >= 15 is 0 Å². The fourth-order valence-corrected chi connectivity index (χ4v) is 2.73. The Balaban J connectivity index is 2.42. The Kier molecular flexibility index (Phi) is 3.99. The van der Waals surface area contributed by atoms with Crippen LogP contribution in [0.3, 0.4) is 0 Å². The van der Waals surface area contributed by atoms with E-state index in [1.54, 1.807) is 11.3 Å². The van der Waals surface area contributed by atoms with Crippen molar-refractivity contribution >= 4 is 16.5 Å². The summed E-state index contributed by atoms with van der Waals surface area (Å²) in [7, 11) is 2.07. The maximum absolute atomic E-state index is 5.83. The number of nitrogens with two attached hydrogens (primary N) is 1. The maximum atomic E-state index is 5.83. The van der Waals surface area contributed by atoms with Crippen LogP contribution in [0.2, 0.25) is 0 Å². The zero-order valence-corrected chi connectivity index (χ0v) is 11.9. The van der Waals surface area contributed by atoms with E-state index in [9.17, 15) is 0 Å². The molecule has 0 amide bonds. The molecule has 1 heterocycles. The molecule has 0 saturated carbocycles. The molecular formula is C14H19N3S. The Morgan fingerprint density at radius 3 is 2.50 bits per heavy atom. The molecule has 0 atom stereocenters. The van der Waals surface area contributed by atoms with Gasteiger partial charge in [0.1, 0.15) is 0 Å². The highest BCUT2D eigenvalue weighted by atomic mass is 32.1. The fourth-order valence-electron chi connectivity index (χ4n) is 1.67. The van der Waals surface area contributed by atoms with Crippen LogP contribution in [0.1, 0.15) is 18.7 Å². The molecule has 0 aliphatic heterocycles. The summed E-state index contributed by atoms with van der Waals surface area (Å²) in [6, 6.07) is 10.7. The van der Waals surface area contributed by atoms with Crippen LogP contribution >= 0.6 is 11.3 Å². The summed E-state index contributed by atoms with van der Waals surface area (Å²) in [5, 5.41) is 1.03. The van der Waals surface area contributed by atoms with E-state index in [1.807, 2.05) is 18.2 Å². The van der Waals surface area contributed by atoms with E-state index in [0.717, 1.165) is 21.3 Å². The summed E-state index contributed by atoms with van der Waals surface area (Å²) in [4.78, 5) is 8.06. The van der Waals surface area contributed by atoms with Gasteiger partial charge in [0.15, 0.2) is 5.13 Å². The second-order valence-electron chi connectivity index (χ2n) is 4.54.